The first-order valence-electron chi connectivity index (χ1n) is 5.85. The van der Waals surface area contributed by atoms with Crippen LogP contribution in [0.3, 0.4) is 0 Å². The summed E-state index contributed by atoms with van der Waals surface area (Å²) in [4.78, 5) is 4.39. The molecule has 1 nitrogen and oxygen atoms in total. The average molecular weight is 237 g/mol. The number of aromatic nitrogens is 1. The van der Waals surface area contributed by atoms with Gasteiger partial charge in [-0.3, -0.25) is 4.98 Å². The number of benzene rings is 2. The van der Waals surface area contributed by atoms with Gasteiger partial charge in [-0.2, -0.15) is 0 Å². The topological polar surface area (TPSA) is 12.9 Å². The maximum absolute atomic E-state index is 13.6. The quantitative estimate of drug-likeness (QED) is 0.613. The van der Waals surface area contributed by atoms with Crippen molar-refractivity contribution in [2.24, 2.45) is 0 Å². The molecule has 0 atom stereocenters. The van der Waals surface area contributed by atoms with Crippen LogP contribution >= 0.6 is 0 Å². The Bertz CT molecular complexity index is 719. The van der Waals surface area contributed by atoms with Gasteiger partial charge in [0.1, 0.15) is 5.82 Å². The van der Waals surface area contributed by atoms with Crippen molar-refractivity contribution in [2.75, 3.05) is 0 Å². The predicted octanol–water partition coefficient (Wildman–Crippen LogP) is 4.35. The number of halogens is 1. The van der Waals surface area contributed by atoms with Gasteiger partial charge in [0, 0.05) is 17.1 Å². The molecule has 0 N–H and O–H groups in total. The third-order valence-electron chi connectivity index (χ3n) is 3.10. The molecular formula is C16H12FN. The van der Waals surface area contributed by atoms with Gasteiger partial charge in [-0.15, -0.1) is 0 Å². The summed E-state index contributed by atoms with van der Waals surface area (Å²) in [6.45, 7) is 1.76. The van der Waals surface area contributed by atoms with E-state index in [4.69, 9.17) is 0 Å². The summed E-state index contributed by atoms with van der Waals surface area (Å²) in [5.41, 5.74) is 3.41. The molecule has 0 bridgehead atoms. The largest absolute Gasteiger partial charge is 0.256 e. The molecule has 2 heteroatoms. The summed E-state index contributed by atoms with van der Waals surface area (Å²) in [6, 6.07) is 15.2. The van der Waals surface area contributed by atoms with Gasteiger partial charge in [0.2, 0.25) is 0 Å². The summed E-state index contributed by atoms with van der Waals surface area (Å²) in [5.74, 6) is -0.180. The molecule has 88 valence electrons. The molecule has 1 heterocycles. The Balaban J connectivity index is 2.16. The maximum atomic E-state index is 13.6. The monoisotopic (exact) mass is 237 g/mol. The second-order valence-electron chi connectivity index (χ2n) is 4.38. The van der Waals surface area contributed by atoms with Crippen LogP contribution in [0.15, 0.2) is 54.7 Å². The molecule has 0 saturated heterocycles. The van der Waals surface area contributed by atoms with Crippen molar-refractivity contribution in [2.45, 2.75) is 6.92 Å². The highest BCUT2D eigenvalue weighted by atomic mass is 19.1. The fourth-order valence-corrected chi connectivity index (χ4v) is 2.00. The lowest BCUT2D eigenvalue weighted by molar-refractivity contribution is 0.619. The van der Waals surface area contributed by atoms with Crippen molar-refractivity contribution < 1.29 is 4.39 Å². The van der Waals surface area contributed by atoms with E-state index in [1.807, 2.05) is 36.4 Å². The zero-order valence-electron chi connectivity index (χ0n) is 10.0. The van der Waals surface area contributed by atoms with Gasteiger partial charge in [0.05, 0.1) is 5.52 Å². The molecule has 0 aliphatic rings. The highest BCUT2D eigenvalue weighted by molar-refractivity contribution is 5.83. The van der Waals surface area contributed by atoms with Gasteiger partial charge in [0.25, 0.3) is 0 Å². The van der Waals surface area contributed by atoms with Crippen LogP contribution in [0.1, 0.15) is 5.56 Å². The lowest BCUT2D eigenvalue weighted by atomic mass is 10.0. The third-order valence-corrected chi connectivity index (χ3v) is 3.10. The molecule has 0 radical (unpaired) electrons. The summed E-state index contributed by atoms with van der Waals surface area (Å²) in [5, 5.41) is 1.07. The molecule has 0 aliphatic heterocycles. The van der Waals surface area contributed by atoms with Crippen molar-refractivity contribution in [1.29, 1.82) is 0 Å². The SMILES string of the molecule is Cc1ccc(-c2cnc3ccccc3c2)cc1F. The fourth-order valence-electron chi connectivity index (χ4n) is 2.00. The lowest BCUT2D eigenvalue weighted by Crippen LogP contribution is -1.86. The van der Waals surface area contributed by atoms with Crippen molar-refractivity contribution in [3.8, 4) is 11.1 Å². The van der Waals surface area contributed by atoms with E-state index in [1.54, 1.807) is 25.3 Å². The first kappa shape index (κ1) is 10.9. The molecule has 3 aromatic rings. The van der Waals surface area contributed by atoms with E-state index in [9.17, 15) is 4.39 Å². The molecule has 0 unspecified atom stereocenters. The minimum Gasteiger partial charge on any atom is -0.256 e. The molecule has 2 aromatic carbocycles. The number of hydrogen-bond acceptors (Lipinski definition) is 1. The van der Waals surface area contributed by atoms with Gasteiger partial charge >= 0.3 is 0 Å². The number of aryl methyl sites for hydroxylation is 1. The van der Waals surface area contributed by atoms with Gasteiger partial charge in [-0.25, -0.2) is 4.39 Å². The van der Waals surface area contributed by atoms with Crippen molar-refractivity contribution >= 4 is 10.9 Å². The van der Waals surface area contributed by atoms with Gasteiger partial charge in [-0.1, -0.05) is 30.3 Å². The van der Waals surface area contributed by atoms with Crippen molar-refractivity contribution in [3.63, 3.8) is 0 Å². The summed E-state index contributed by atoms with van der Waals surface area (Å²) >= 11 is 0. The summed E-state index contributed by atoms with van der Waals surface area (Å²) in [7, 11) is 0. The first-order valence-corrected chi connectivity index (χ1v) is 5.85. The van der Waals surface area contributed by atoms with E-state index in [2.05, 4.69) is 4.98 Å². The molecule has 0 spiro atoms. The molecule has 3 rings (SSSR count). The number of nitrogens with zero attached hydrogens (tertiary/aromatic N) is 1. The van der Waals surface area contributed by atoms with Crippen LogP contribution in [-0.4, -0.2) is 4.98 Å². The van der Waals surface area contributed by atoms with Crippen LogP contribution in [0.5, 0.6) is 0 Å². The van der Waals surface area contributed by atoms with Crippen molar-refractivity contribution in [3.05, 3.63) is 66.1 Å². The van der Waals surface area contributed by atoms with E-state index in [1.165, 1.54) is 0 Å². The standard InChI is InChI=1S/C16H12FN/c1-11-6-7-12(9-15(11)17)14-8-13-4-2-3-5-16(13)18-10-14/h2-10H,1H3. The molecule has 18 heavy (non-hydrogen) atoms. The molecule has 0 saturated carbocycles. The van der Waals surface area contributed by atoms with Gasteiger partial charge in [0.15, 0.2) is 0 Å². The average Bonchev–Trinajstić information content (AvgIpc) is 2.41. The number of fused-ring (bicyclic) bond motifs is 1. The van der Waals surface area contributed by atoms with Crippen LogP contribution < -0.4 is 0 Å². The number of pyridine rings is 1. The zero-order chi connectivity index (χ0) is 12.5. The lowest BCUT2D eigenvalue weighted by Gasteiger charge is -2.05. The number of rotatable bonds is 1. The maximum Gasteiger partial charge on any atom is 0.126 e. The normalized spacial score (nSPS) is 10.8. The Morgan fingerprint density at radius 2 is 1.78 bits per heavy atom. The Labute approximate surface area is 105 Å². The molecular weight excluding hydrogens is 225 g/mol. The fraction of sp³-hybridized carbons (Fsp3) is 0.0625. The second-order valence-corrected chi connectivity index (χ2v) is 4.38. The Morgan fingerprint density at radius 3 is 2.61 bits per heavy atom. The van der Waals surface area contributed by atoms with Gasteiger partial charge < -0.3 is 0 Å². The number of para-hydroxylation sites is 1. The predicted molar refractivity (Wildman–Crippen MR) is 71.9 cm³/mol. The van der Waals surface area contributed by atoms with Crippen LogP contribution in [-0.2, 0) is 0 Å². The Morgan fingerprint density at radius 1 is 0.944 bits per heavy atom. The van der Waals surface area contributed by atoms with Crippen LogP contribution in [0.2, 0.25) is 0 Å². The van der Waals surface area contributed by atoms with E-state index in [0.29, 0.717) is 5.56 Å². The van der Waals surface area contributed by atoms with Crippen LogP contribution in [0.4, 0.5) is 4.39 Å². The summed E-state index contributed by atoms with van der Waals surface area (Å²) in [6.07, 6.45) is 1.78. The molecule has 0 aliphatic carbocycles. The second kappa shape index (κ2) is 4.22. The van der Waals surface area contributed by atoms with E-state index in [0.717, 1.165) is 22.0 Å². The van der Waals surface area contributed by atoms with Gasteiger partial charge in [-0.05, 0) is 36.2 Å². The van der Waals surface area contributed by atoms with E-state index >= 15 is 0 Å². The first-order chi connectivity index (χ1) is 8.74. The molecule has 0 fully saturated rings. The smallest absolute Gasteiger partial charge is 0.126 e. The third kappa shape index (κ3) is 1.86. The van der Waals surface area contributed by atoms with E-state index < -0.39 is 0 Å². The molecule has 1 aromatic heterocycles. The Kier molecular flexibility index (Phi) is 2.56. The van der Waals surface area contributed by atoms with Crippen LogP contribution in [0.25, 0.3) is 22.0 Å². The minimum absolute atomic E-state index is 0.180. The Hall–Kier alpha value is -2.22. The number of hydrogen-bond donors (Lipinski definition) is 0. The highest BCUT2D eigenvalue weighted by Crippen LogP contribution is 2.24. The molecule has 0 amide bonds. The van der Waals surface area contributed by atoms with Crippen molar-refractivity contribution in [1.82, 2.24) is 4.98 Å². The van der Waals surface area contributed by atoms with E-state index in [-0.39, 0.29) is 5.82 Å². The van der Waals surface area contributed by atoms with Crippen LogP contribution in [0, 0.1) is 12.7 Å². The highest BCUT2D eigenvalue weighted by Gasteiger charge is 2.03. The minimum atomic E-state index is -0.180. The zero-order valence-corrected chi connectivity index (χ0v) is 10.0. The summed E-state index contributed by atoms with van der Waals surface area (Å²) < 4.78 is 13.6.